The van der Waals surface area contributed by atoms with Crippen LogP contribution in [0.2, 0.25) is 0 Å². The molecule has 1 heterocycles. The number of nitrogens with zero attached hydrogens (tertiary/aromatic N) is 2. The van der Waals surface area contributed by atoms with Gasteiger partial charge in [0.05, 0.1) is 10.8 Å². The van der Waals surface area contributed by atoms with Crippen molar-refractivity contribution in [3.63, 3.8) is 0 Å². The van der Waals surface area contributed by atoms with Crippen molar-refractivity contribution in [2.75, 3.05) is 19.6 Å². The Morgan fingerprint density at radius 2 is 2.11 bits per heavy atom. The fraction of sp³-hybridized carbons (Fsp3) is 0.462. The van der Waals surface area contributed by atoms with Gasteiger partial charge in [-0.3, -0.25) is 14.9 Å². The smallest absolute Gasteiger partial charge is 0.307 e. The zero-order valence-electron chi connectivity index (χ0n) is 10.5. The standard InChI is InChI=1S/C13H16N2O4/c16-13(17)11-6-8-14(9-11)7-5-10-1-3-12(4-2-10)15(18)19/h1-4,11H,5-9H2,(H,16,17). The lowest BCUT2D eigenvalue weighted by Crippen LogP contribution is -2.25. The normalized spacial score (nSPS) is 19.5. The summed E-state index contributed by atoms with van der Waals surface area (Å²) in [7, 11) is 0. The van der Waals surface area contributed by atoms with Gasteiger partial charge in [0.2, 0.25) is 0 Å². The van der Waals surface area contributed by atoms with Gasteiger partial charge in [-0.15, -0.1) is 0 Å². The van der Waals surface area contributed by atoms with E-state index >= 15 is 0 Å². The van der Waals surface area contributed by atoms with Gasteiger partial charge in [-0.25, -0.2) is 0 Å². The first kappa shape index (κ1) is 13.5. The molecule has 1 atom stereocenters. The third-order valence-electron chi connectivity index (χ3n) is 3.49. The van der Waals surface area contributed by atoms with E-state index in [-0.39, 0.29) is 11.6 Å². The number of benzene rings is 1. The number of rotatable bonds is 5. The molecule has 0 spiro atoms. The summed E-state index contributed by atoms with van der Waals surface area (Å²) in [5.74, 6) is -0.977. The van der Waals surface area contributed by atoms with Crippen molar-refractivity contribution in [3.05, 3.63) is 39.9 Å². The second-order valence-corrected chi connectivity index (χ2v) is 4.80. The van der Waals surface area contributed by atoms with Gasteiger partial charge >= 0.3 is 5.97 Å². The second kappa shape index (κ2) is 5.79. The highest BCUT2D eigenvalue weighted by molar-refractivity contribution is 5.70. The molecule has 0 bridgehead atoms. The number of aliphatic carboxylic acids is 1. The van der Waals surface area contributed by atoms with Crippen molar-refractivity contribution in [3.8, 4) is 0 Å². The van der Waals surface area contributed by atoms with Crippen molar-refractivity contribution in [2.45, 2.75) is 12.8 Å². The molecule has 1 fully saturated rings. The largest absolute Gasteiger partial charge is 0.481 e. The summed E-state index contributed by atoms with van der Waals surface area (Å²) in [6, 6.07) is 6.50. The molecular formula is C13H16N2O4. The summed E-state index contributed by atoms with van der Waals surface area (Å²) < 4.78 is 0. The average molecular weight is 264 g/mol. The van der Waals surface area contributed by atoms with Gasteiger partial charge in [0.1, 0.15) is 0 Å². The first-order valence-corrected chi connectivity index (χ1v) is 6.25. The maximum absolute atomic E-state index is 10.8. The quantitative estimate of drug-likeness (QED) is 0.644. The van der Waals surface area contributed by atoms with E-state index in [1.807, 2.05) is 0 Å². The van der Waals surface area contributed by atoms with Crippen LogP contribution in [0.5, 0.6) is 0 Å². The van der Waals surface area contributed by atoms with Crippen LogP contribution in [-0.4, -0.2) is 40.5 Å². The molecule has 6 nitrogen and oxygen atoms in total. The minimum Gasteiger partial charge on any atom is -0.481 e. The molecule has 0 aliphatic carbocycles. The minimum absolute atomic E-state index is 0.0934. The third-order valence-corrected chi connectivity index (χ3v) is 3.49. The number of hydrogen-bond acceptors (Lipinski definition) is 4. The molecule has 0 radical (unpaired) electrons. The lowest BCUT2D eigenvalue weighted by atomic mass is 10.1. The zero-order chi connectivity index (χ0) is 13.8. The summed E-state index contributed by atoms with van der Waals surface area (Å²) in [4.78, 5) is 23.1. The van der Waals surface area contributed by atoms with Gasteiger partial charge in [0.25, 0.3) is 5.69 Å². The number of non-ortho nitro benzene ring substituents is 1. The molecule has 6 heteroatoms. The lowest BCUT2D eigenvalue weighted by molar-refractivity contribution is -0.384. The molecular weight excluding hydrogens is 248 g/mol. The molecule has 102 valence electrons. The zero-order valence-corrected chi connectivity index (χ0v) is 10.5. The molecule has 1 aromatic carbocycles. The Labute approximate surface area is 110 Å². The third kappa shape index (κ3) is 3.51. The number of likely N-dealkylation sites (tertiary alicyclic amines) is 1. The van der Waals surface area contributed by atoms with Gasteiger partial charge in [0.15, 0.2) is 0 Å². The van der Waals surface area contributed by atoms with Gasteiger partial charge in [-0.05, 0) is 24.9 Å². The number of carbonyl (C=O) groups is 1. The van der Waals surface area contributed by atoms with Crippen molar-refractivity contribution in [2.24, 2.45) is 5.92 Å². The van der Waals surface area contributed by atoms with Crippen LogP contribution in [0.4, 0.5) is 5.69 Å². The number of carboxylic acid groups (broad SMARTS) is 1. The van der Waals surface area contributed by atoms with Crippen LogP contribution >= 0.6 is 0 Å². The molecule has 1 aromatic rings. The molecule has 1 N–H and O–H groups in total. The molecule has 19 heavy (non-hydrogen) atoms. The first-order chi connectivity index (χ1) is 9.06. The Hall–Kier alpha value is -1.95. The van der Waals surface area contributed by atoms with E-state index in [0.717, 1.165) is 25.1 Å². The Balaban J connectivity index is 1.83. The number of hydrogen-bond donors (Lipinski definition) is 1. The number of carboxylic acids is 1. The van der Waals surface area contributed by atoms with E-state index in [1.54, 1.807) is 12.1 Å². The monoisotopic (exact) mass is 264 g/mol. The SMILES string of the molecule is O=C(O)C1CCN(CCc2ccc([N+](=O)[O-])cc2)C1. The highest BCUT2D eigenvalue weighted by atomic mass is 16.6. The molecule has 1 aliphatic heterocycles. The number of nitro benzene ring substituents is 1. The topological polar surface area (TPSA) is 83.7 Å². The molecule has 1 saturated heterocycles. The fourth-order valence-corrected chi connectivity index (χ4v) is 2.31. The molecule has 1 aliphatic rings. The van der Waals surface area contributed by atoms with Crippen molar-refractivity contribution >= 4 is 11.7 Å². The van der Waals surface area contributed by atoms with Gasteiger partial charge in [-0.1, -0.05) is 12.1 Å². The highest BCUT2D eigenvalue weighted by Crippen LogP contribution is 2.17. The summed E-state index contributed by atoms with van der Waals surface area (Å²) in [6.45, 7) is 2.20. The van der Waals surface area contributed by atoms with Crippen LogP contribution in [0.25, 0.3) is 0 Å². The second-order valence-electron chi connectivity index (χ2n) is 4.80. The average Bonchev–Trinajstić information content (AvgIpc) is 2.86. The highest BCUT2D eigenvalue weighted by Gasteiger charge is 2.27. The van der Waals surface area contributed by atoms with Crippen molar-refractivity contribution < 1.29 is 14.8 Å². The predicted molar refractivity (Wildman–Crippen MR) is 69.0 cm³/mol. The van der Waals surface area contributed by atoms with Gasteiger partial charge in [-0.2, -0.15) is 0 Å². The van der Waals surface area contributed by atoms with Crippen LogP contribution in [0.15, 0.2) is 24.3 Å². The lowest BCUT2D eigenvalue weighted by Gasteiger charge is -2.14. The molecule has 0 saturated carbocycles. The van der Waals surface area contributed by atoms with E-state index in [2.05, 4.69) is 4.90 Å². The van der Waals surface area contributed by atoms with Crippen LogP contribution < -0.4 is 0 Å². The first-order valence-electron chi connectivity index (χ1n) is 6.25. The molecule has 2 rings (SSSR count). The number of nitro groups is 1. The molecule has 1 unspecified atom stereocenters. The summed E-state index contributed by atoms with van der Waals surface area (Å²) in [6.07, 6.45) is 1.49. The van der Waals surface area contributed by atoms with Crippen LogP contribution in [-0.2, 0) is 11.2 Å². The van der Waals surface area contributed by atoms with E-state index < -0.39 is 10.9 Å². The summed E-state index contributed by atoms with van der Waals surface area (Å²) in [5, 5.41) is 19.4. The maximum Gasteiger partial charge on any atom is 0.307 e. The van der Waals surface area contributed by atoms with Crippen LogP contribution in [0, 0.1) is 16.0 Å². The van der Waals surface area contributed by atoms with Crippen LogP contribution in [0.1, 0.15) is 12.0 Å². The minimum atomic E-state index is -0.724. The Kier molecular flexibility index (Phi) is 4.11. The van der Waals surface area contributed by atoms with Crippen molar-refractivity contribution in [1.82, 2.24) is 4.90 Å². The van der Waals surface area contributed by atoms with E-state index in [0.29, 0.717) is 13.0 Å². The summed E-state index contributed by atoms with van der Waals surface area (Å²) >= 11 is 0. The molecule has 0 amide bonds. The van der Waals surface area contributed by atoms with E-state index in [1.165, 1.54) is 12.1 Å². The Bertz CT molecular complexity index is 472. The van der Waals surface area contributed by atoms with Gasteiger partial charge < -0.3 is 10.0 Å². The van der Waals surface area contributed by atoms with Gasteiger partial charge in [0, 0.05) is 25.2 Å². The Morgan fingerprint density at radius 3 is 2.63 bits per heavy atom. The van der Waals surface area contributed by atoms with Crippen LogP contribution in [0.3, 0.4) is 0 Å². The summed E-state index contributed by atoms with van der Waals surface area (Å²) in [5.41, 5.74) is 1.13. The van der Waals surface area contributed by atoms with Crippen molar-refractivity contribution in [1.29, 1.82) is 0 Å². The van der Waals surface area contributed by atoms with E-state index in [9.17, 15) is 14.9 Å². The fourth-order valence-electron chi connectivity index (χ4n) is 2.31. The predicted octanol–water partition coefficient (Wildman–Crippen LogP) is 1.54. The Morgan fingerprint density at radius 1 is 1.42 bits per heavy atom. The molecule has 0 aromatic heterocycles. The maximum atomic E-state index is 10.8. The van der Waals surface area contributed by atoms with E-state index in [4.69, 9.17) is 5.11 Å².